The molecule has 0 fully saturated rings. The molecule has 1 aromatic heterocycles. The van der Waals surface area contributed by atoms with Crippen molar-refractivity contribution in [2.45, 2.75) is 6.92 Å². The van der Waals surface area contributed by atoms with Crippen molar-refractivity contribution < 1.29 is 4.39 Å². The van der Waals surface area contributed by atoms with Crippen LogP contribution in [0.2, 0.25) is 0 Å². The fraction of sp³-hybridized carbons (Fsp3) is 0.0833. The molecule has 2 nitrogen and oxygen atoms in total. The summed E-state index contributed by atoms with van der Waals surface area (Å²) in [5.74, 6) is -0.307. The normalized spacial score (nSPS) is 10.3. The Kier molecular flexibility index (Phi) is 2.37. The van der Waals surface area contributed by atoms with E-state index in [9.17, 15) is 9.18 Å². The van der Waals surface area contributed by atoms with Gasteiger partial charge in [0.2, 0.25) is 0 Å². The zero-order valence-electron chi connectivity index (χ0n) is 8.27. The second kappa shape index (κ2) is 3.69. The summed E-state index contributed by atoms with van der Waals surface area (Å²) in [6.07, 6.45) is 1.69. The lowest BCUT2D eigenvalue weighted by Gasteiger charge is -2.05. The molecule has 0 saturated heterocycles. The Morgan fingerprint density at radius 3 is 2.40 bits per heavy atom. The van der Waals surface area contributed by atoms with Gasteiger partial charge in [0.15, 0.2) is 0 Å². The van der Waals surface area contributed by atoms with Crippen LogP contribution in [0.15, 0.2) is 47.4 Å². The minimum Gasteiger partial charge on any atom is -0.284 e. The Balaban J connectivity index is 2.55. The number of halogens is 1. The maximum atomic E-state index is 12.7. The Labute approximate surface area is 86.6 Å². The first-order valence-corrected chi connectivity index (χ1v) is 4.62. The van der Waals surface area contributed by atoms with Crippen LogP contribution in [-0.4, -0.2) is 4.57 Å². The number of aromatic nitrogens is 1. The number of hydrogen-bond donors (Lipinski definition) is 0. The molecule has 1 aromatic carbocycles. The van der Waals surface area contributed by atoms with Gasteiger partial charge in [-0.2, -0.15) is 0 Å². The van der Waals surface area contributed by atoms with Crippen molar-refractivity contribution >= 4 is 0 Å². The molecule has 0 unspecified atom stereocenters. The van der Waals surface area contributed by atoms with E-state index in [0.717, 1.165) is 5.56 Å². The van der Waals surface area contributed by atoms with E-state index in [1.54, 1.807) is 24.4 Å². The van der Waals surface area contributed by atoms with Gasteiger partial charge in [-0.3, -0.25) is 9.36 Å². The molecule has 0 aliphatic carbocycles. The van der Waals surface area contributed by atoms with Gasteiger partial charge in [0.05, 0.1) is 0 Å². The van der Waals surface area contributed by atoms with Gasteiger partial charge in [-0.25, -0.2) is 4.39 Å². The highest BCUT2D eigenvalue weighted by atomic mass is 19.1. The molecular weight excluding hydrogens is 193 g/mol. The number of nitrogens with zero attached hydrogens (tertiary/aromatic N) is 1. The molecule has 0 atom stereocenters. The number of aryl methyl sites for hydroxylation is 1. The highest BCUT2D eigenvalue weighted by Crippen LogP contribution is 2.06. The van der Waals surface area contributed by atoms with Crippen molar-refractivity contribution in [3.8, 4) is 5.69 Å². The van der Waals surface area contributed by atoms with Gasteiger partial charge < -0.3 is 0 Å². The summed E-state index contributed by atoms with van der Waals surface area (Å²) in [7, 11) is 0. The van der Waals surface area contributed by atoms with E-state index in [-0.39, 0.29) is 11.4 Å². The van der Waals surface area contributed by atoms with E-state index in [1.165, 1.54) is 16.7 Å². The zero-order valence-corrected chi connectivity index (χ0v) is 8.27. The Bertz CT molecular complexity index is 528. The summed E-state index contributed by atoms with van der Waals surface area (Å²) in [5, 5.41) is 0. The quantitative estimate of drug-likeness (QED) is 0.697. The van der Waals surface area contributed by atoms with Gasteiger partial charge in [0, 0.05) is 18.0 Å². The van der Waals surface area contributed by atoms with Crippen molar-refractivity contribution in [1.29, 1.82) is 0 Å². The minimum absolute atomic E-state index is 0.110. The van der Waals surface area contributed by atoms with Gasteiger partial charge >= 0.3 is 0 Å². The summed E-state index contributed by atoms with van der Waals surface area (Å²) in [4.78, 5) is 11.6. The van der Waals surface area contributed by atoms with E-state index >= 15 is 0 Å². The van der Waals surface area contributed by atoms with E-state index in [1.807, 2.05) is 13.0 Å². The largest absolute Gasteiger partial charge is 0.284 e. The predicted molar refractivity (Wildman–Crippen MR) is 56.7 cm³/mol. The molecule has 0 spiro atoms. The SMILES string of the molecule is Cc1ccn(-c2ccc(F)cc2)c(=O)c1. The first-order valence-electron chi connectivity index (χ1n) is 4.62. The van der Waals surface area contributed by atoms with Crippen molar-refractivity contribution in [3.05, 3.63) is 64.3 Å². The van der Waals surface area contributed by atoms with Crippen LogP contribution in [0.25, 0.3) is 5.69 Å². The molecule has 2 rings (SSSR count). The third-order valence-electron chi connectivity index (χ3n) is 2.18. The molecule has 76 valence electrons. The van der Waals surface area contributed by atoms with Gasteiger partial charge in [-0.15, -0.1) is 0 Å². The third-order valence-corrected chi connectivity index (χ3v) is 2.18. The molecule has 0 aliphatic heterocycles. The number of hydrogen-bond acceptors (Lipinski definition) is 1. The van der Waals surface area contributed by atoms with Crippen LogP contribution in [0, 0.1) is 12.7 Å². The average molecular weight is 203 g/mol. The lowest BCUT2D eigenvalue weighted by Crippen LogP contribution is -2.16. The third kappa shape index (κ3) is 1.96. The molecule has 2 aromatic rings. The predicted octanol–water partition coefficient (Wildman–Crippen LogP) is 2.29. The number of benzene rings is 1. The fourth-order valence-electron chi connectivity index (χ4n) is 1.39. The first kappa shape index (κ1) is 9.65. The smallest absolute Gasteiger partial charge is 0.255 e. The molecule has 0 radical (unpaired) electrons. The summed E-state index contributed by atoms with van der Waals surface area (Å²) in [6, 6.07) is 9.20. The van der Waals surface area contributed by atoms with Crippen LogP contribution >= 0.6 is 0 Å². The molecular formula is C12H10FNO. The minimum atomic E-state index is -0.307. The highest BCUT2D eigenvalue weighted by molar-refractivity contribution is 5.32. The van der Waals surface area contributed by atoms with E-state index in [4.69, 9.17) is 0 Å². The second-order valence-corrected chi connectivity index (χ2v) is 3.39. The van der Waals surface area contributed by atoms with E-state index in [2.05, 4.69) is 0 Å². The summed E-state index contributed by atoms with van der Waals surface area (Å²) in [6.45, 7) is 1.86. The Hall–Kier alpha value is -1.90. The van der Waals surface area contributed by atoms with Gasteiger partial charge in [-0.05, 0) is 42.8 Å². The molecule has 0 aliphatic rings. The molecule has 0 amide bonds. The van der Waals surface area contributed by atoms with Crippen molar-refractivity contribution in [2.75, 3.05) is 0 Å². The van der Waals surface area contributed by atoms with Crippen LogP contribution in [0.3, 0.4) is 0 Å². The lowest BCUT2D eigenvalue weighted by molar-refractivity contribution is 0.627. The maximum Gasteiger partial charge on any atom is 0.255 e. The Morgan fingerprint density at radius 1 is 1.13 bits per heavy atom. The summed E-state index contributed by atoms with van der Waals surface area (Å²) < 4.78 is 14.2. The molecule has 1 heterocycles. The fourth-order valence-corrected chi connectivity index (χ4v) is 1.39. The number of pyridine rings is 1. The van der Waals surface area contributed by atoms with Gasteiger partial charge in [-0.1, -0.05) is 0 Å². The standard InChI is InChI=1S/C12H10FNO/c1-9-6-7-14(12(15)8-9)11-4-2-10(13)3-5-11/h2-8H,1H3. The lowest BCUT2D eigenvalue weighted by atomic mass is 10.2. The number of rotatable bonds is 1. The van der Waals surface area contributed by atoms with Crippen LogP contribution in [0.1, 0.15) is 5.56 Å². The molecule has 15 heavy (non-hydrogen) atoms. The van der Waals surface area contributed by atoms with Gasteiger partial charge in [0.25, 0.3) is 5.56 Å². The van der Waals surface area contributed by atoms with Crippen molar-refractivity contribution in [1.82, 2.24) is 4.57 Å². The molecule has 0 N–H and O–H groups in total. The van der Waals surface area contributed by atoms with Crippen molar-refractivity contribution in [2.24, 2.45) is 0 Å². The van der Waals surface area contributed by atoms with Crippen LogP contribution in [0.5, 0.6) is 0 Å². The summed E-state index contributed by atoms with van der Waals surface area (Å²) >= 11 is 0. The van der Waals surface area contributed by atoms with Crippen LogP contribution < -0.4 is 5.56 Å². The first-order chi connectivity index (χ1) is 7.16. The van der Waals surface area contributed by atoms with Crippen molar-refractivity contribution in [3.63, 3.8) is 0 Å². The van der Waals surface area contributed by atoms with E-state index < -0.39 is 0 Å². The highest BCUT2D eigenvalue weighted by Gasteiger charge is 1.99. The topological polar surface area (TPSA) is 22.0 Å². The molecule has 3 heteroatoms. The molecule has 0 saturated carbocycles. The van der Waals surface area contributed by atoms with Crippen LogP contribution in [0.4, 0.5) is 4.39 Å². The monoisotopic (exact) mass is 203 g/mol. The zero-order chi connectivity index (χ0) is 10.8. The Morgan fingerprint density at radius 2 is 1.80 bits per heavy atom. The molecule has 0 bridgehead atoms. The maximum absolute atomic E-state index is 12.7. The van der Waals surface area contributed by atoms with Crippen LogP contribution in [-0.2, 0) is 0 Å². The summed E-state index contributed by atoms with van der Waals surface area (Å²) in [5.41, 5.74) is 1.47. The van der Waals surface area contributed by atoms with Gasteiger partial charge in [0.1, 0.15) is 5.82 Å². The average Bonchev–Trinajstić information content (AvgIpc) is 2.20. The second-order valence-electron chi connectivity index (χ2n) is 3.39. The van der Waals surface area contributed by atoms with E-state index in [0.29, 0.717) is 5.69 Å².